The van der Waals surface area contributed by atoms with Gasteiger partial charge in [0.15, 0.2) is 0 Å². The van der Waals surface area contributed by atoms with E-state index in [2.05, 4.69) is 5.32 Å². The summed E-state index contributed by atoms with van der Waals surface area (Å²) in [4.78, 5) is 12.4. The van der Waals surface area contributed by atoms with Gasteiger partial charge in [-0.2, -0.15) is 0 Å². The number of hydrogen-bond donors (Lipinski definition) is 1. The average molecular weight is 308 g/mol. The van der Waals surface area contributed by atoms with Crippen LogP contribution >= 0.6 is 11.6 Å². The van der Waals surface area contributed by atoms with E-state index in [0.29, 0.717) is 18.4 Å². The monoisotopic (exact) mass is 307 g/mol. The summed E-state index contributed by atoms with van der Waals surface area (Å²) in [7, 11) is 0. The first-order valence-corrected chi connectivity index (χ1v) is 8.37. The van der Waals surface area contributed by atoms with Crippen LogP contribution in [0.3, 0.4) is 0 Å². The van der Waals surface area contributed by atoms with Crippen molar-refractivity contribution in [3.8, 4) is 5.75 Å². The fraction of sp³-hybridized carbons (Fsp3) is 0.588. The summed E-state index contributed by atoms with van der Waals surface area (Å²) >= 11 is 5.96. The lowest BCUT2D eigenvalue weighted by Gasteiger charge is -2.21. The smallest absolute Gasteiger partial charge is 0.227 e. The third kappa shape index (κ3) is 3.03. The molecular weight excluding hydrogens is 286 g/mol. The molecule has 2 aliphatic rings. The molecule has 3 unspecified atom stereocenters. The second-order valence-corrected chi connectivity index (χ2v) is 6.43. The Morgan fingerprint density at radius 2 is 2.24 bits per heavy atom. The SMILES string of the molecule is CCOc1ccc(NC(=O)C2CC3CCC2C3)cc1CCl. The third-order valence-electron chi connectivity index (χ3n) is 4.85. The van der Waals surface area contributed by atoms with E-state index in [0.717, 1.165) is 29.3 Å². The Morgan fingerprint density at radius 1 is 1.38 bits per heavy atom. The molecule has 1 amide bonds. The molecule has 3 nitrogen and oxygen atoms in total. The van der Waals surface area contributed by atoms with Crippen molar-refractivity contribution in [2.24, 2.45) is 17.8 Å². The molecule has 4 heteroatoms. The lowest BCUT2D eigenvalue weighted by atomic mass is 9.88. The molecule has 2 fully saturated rings. The molecule has 21 heavy (non-hydrogen) atoms. The van der Waals surface area contributed by atoms with Crippen LogP contribution in [0.5, 0.6) is 5.75 Å². The van der Waals surface area contributed by atoms with Crippen LogP contribution in [0.25, 0.3) is 0 Å². The van der Waals surface area contributed by atoms with Crippen LogP contribution in [0.1, 0.15) is 38.2 Å². The predicted molar refractivity (Wildman–Crippen MR) is 84.7 cm³/mol. The van der Waals surface area contributed by atoms with Crippen LogP contribution in [0.4, 0.5) is 5.69 Å². The third-order valence-corrected chi connectivity index (χ3v) is 5.13. The predicted octanol–water partition coefficient (Wildman–Crippen LogP) is 4.20. The van der Waals surface area contributed by atoms with Gasteiger partial charge in [-0.25, -0.2) is 0 Å². The van der Waals surface area contributed by atoms with Crippen molar-refractivity contribution >= 4 is 23.2 Å². The Bertz CT molecular complexity index is 532. The van der Waals surface area contributed by atoms with Crippen LogP contribution < -0.4 is 10.1 Å². The molecule has 0 radical (unpaired) electrons. The van der Waals surface area contributed by atoms with Crippen LogP contribution in [0, 0.1) is 17.8 Å². The minimum absolute atomic E-state index is 0.173. The minimum atomic E-state index is 0.173. The highest BCUT2D eigenvalue weighted by Crippen LogP contribution is 2.48. The first-order valence-electron chi connectivity index (χ1n) is 7.83. The van der Waals surface area contributed by atoms with Gasteiger partial charge >= 0.3 is 0 Å². The molecule has 2 aliphatic carbocycles. The normalized spacial score (nSPS) is 26.9. The Labute approximate surface area is 131 Å². The first kappa shape index (κ1) is 14.7. The number of benzene rings is 1. The number of anilines is 1. The van der Waals surface area contributed by atoms with E-state index in [1.165, 1.54) is 19.3 Å². The molecule has 3 atom stereocenters. The first-order chi connectivity index (χ1) is 10.2. The van der Waals surface area contributed by atoms with Crippen molar-refractivity contribution in [1.29, 1.82) is 0 Å². The topological polar surface area (TPSA) is 38.3 Å². The van der Waals surface area contributed by atoms with E-state index in [9.17, 15) is 4.79 Å². The zero-order valence-electron chi connectivity index (χ0n) is 12.4. The number of hydrogen-bond acceptors (Lipinski definition) is 2. The molecule has 1 aromatic rings. The van der Waals surface area contributed by atoms with E-state index >= 15 is 0 Å². The van der Waals surface area contributed by atoms with Crippen LogP contribution in [0.2, 0.25) is 0 Å². The quantitative estimate of drug-likeness (QED) is 0.828. The van der Waals surface area contributed by atoms with Crippen molar-refractivity contribution in [3.05, 3.63) is 23.8 Å². The molecule has 0 aliphatic heterocycles. The van der Waals surface area contributed by atoms with Crippen molar-refractivity contribution in [3.63, 3.8) is 0 Å². The fourth-order valence-electron chi connectivity index (χ4n) is 3.86. The standard InChI is InChI=1S/C17H22ClNO2/c1-2-21-16-6-5-14(9-13(16)10-18)19-17(20)15-8-11-3-4-12(15)7-11/h5-6,9,11-12,15H,2-4,7-8,10H2,1H3,(H,19,20). The molecule has 3 rings (SSSR count). The number of alkyl halides is 1. The zero-order chi connectivity index (χ0) is 14.8. The summed E-state index contributed by atoms with van der Waals surface area (Å²) in [6.45, 7) is 2.56. The summed E-state index contributed by atoms with van der Waals surface area (Å²) in [5.74, 6) is 2.94. The molecule has 2 saturated carbocycles. The summed E-state index contributed by atoms with van der Waals surface area (Å²) in [5, 5.41) is 3.06. The Kier molecular flexibility index (Phi) is 4.39. The van der Waals surface area contributed by atoms with E-state index in [-0.39, 0.29) is 11.8 Å². The van der Waals surface area contributed by atoms with E-state index in [4.69, 9.17) is 16.3 Å². The lowest BCUT2D eigenvalue weighted by Crippen LogP contribution is -2.27. The van der Waals surface area contributed by atoms with Gasteiger partial charge in [0, 0.05) is 17.2 Å². The number of carbonyl (C=O) groups excluding carboxylic acids is 1. The van der Waals surface area contributed by atoms with Gasteiger partial charge in [0.25, 0.3) is 0 Å². The van der Waals surface area contributed by atoms with Gasteiger partial charge in [-0.15, -0.1) is 11.6 Å². The van der Waals surface area contributed by atoms with Crippen molar-refractivity contribution in [1.82, 2.24) is 0 Å². The van der Waals surface area contributed by atoms with Crippen molar-refractivity contribution < 1.29 is 9.53 Å². The molecule has 114 valence electrons. The van der Waals surface area contributed by atoms with E-state index in [1.54, 1.807) is 0 Å². The van der Waals surface area contributed by atoms with Crippen molar-refractivity contribution in [2.75, 3.05) is 11.9 Å². The highest BCUT2D eigenvalue weighted by molar-refractivity contribution is 6.17. The highest BCUT2D eigenvalue weighted by atomic mass is 35.5. The van der Waals surface area contributed by atoms with Gasteiger partial charge in [0.2, 0.25) is 5.91 Å². The largest absolute Gasteiger partial charge is 0.494 e. The molecule has 0 saturated heterocycles. The second kappa shape index (κ2) is 6.27. The summed E-state index contributed by atoms with van der Waals surface area (Å²) in [5.41, 5.74) is 1.74. The molecule has 1 N–H and O–H groups in total. The average Bonchev–Trinajstić information content (AvgIpc) is 3.11. The Hall–Kier alpha value is -1.22. The van der Waals surface area contributed by atoms with E-state index in [1.807, 2.05) is 25.1 Å². The Balaban J connectivity index is 1.68. The van der Waals surface area contributed by atoms with Gasteiger partial charge in [0.05, 0.1) is 12.5 Å². The van der Waals surface area contributed by atoms with Gasteiger partial charge in [-0.05, 0) is 56.2 Å². The minimum Gasteiger partial charge on any atom is -0.494 e. The van der Waals surface area contributed by atoms with Crippen LogP contribution in [0.15, 0.2) is 18.2 Å². The number of halogens is 1. The van der Waals surface area contributed by atoms with Gasteiger partial charge < -0.3 is 10.1 Å². The number of ether oxygens (including phenoxy) is 1. The number of fused-ring (bicyclic) bond motifs is 2. The maximum absolute atomic E-state index is 12.4. The molecule has 0 heterocycles. The van der Waals surface area contributed by atoms with Crippen molar-refractivity contribution in [2.45, 2.75) is 38.5 Å². The molecular formula is C17H22ClNO2. The molecule has 0 spiro atoms. The van der Waals surface area contributed by atoms with Crippen LogP contribution in [-0.4, -0.2) is 12.5 Å². The fourth-order valence-corrected chi connectivity index (χ4v) is 4.07. The highest BCUT2D eigenvalue weighted by Gasteiger charge is 2.42. The zero-order valence-corrected chi connectivity index (χ0v) is 13.2. The molecule has 0 aromatic heterocycles. The van der Waals surface area contributed by atoms with Crippen LogP contribution in [-0.2, 0) is 10.7 Å². The van der Waals surface area contributed by atoms with Gasteiger partial charge in [0.1, 0.15) is 5.75 Å². The number of nitrogens with one attached hydrogen (secondary N) is 1. The van der Waals surface area contributed by atoms with Gasteiger partial charge in [-0.1, -0.05) is 6.42 Å². The molecule has 1 aromatic carbocycles. The summed E-state index contributed by atoms with van der Waals surface area (Å²) in [6, 6.07) is 5.70. The molecule has 2 bridgehead atoms. The van der Waals surface area contributed by atoms with E-state index < -0.39 is 0 Å². The maximum Gasteiger partial charge on any atom is 0.227 e. The lowest BCUT2D eigenvalue weighted by molar-refractivity contribution is -0.121. The number of carbonyl (C=O) groups is 1. The number of amides is 1. The summed E-state index contributed by atoms with van der Waals surface area (Å²) < 4.78 is 5.53. The summed E-state index contributed by atoms with van der Waals surface area (Å²) in [6.07, 6.45) is 4.84. The second-order valence-electron chi connectivity index (χ2n) is 6.16. The Morgan fingerprint density at radius 3 is 2.86 bits per heavy atom. The van der Waals surface area contributed by atoms with Gasteiger partial charge in [-0.3, -0.25) is 4.79 Å². The number of rotatable bonds is 5. The maximum atomic E-state index is 12.4.